The summed E-state index contributed by atoms with van der Waals surface area (Å²) in [6.07, 6.45) is 9.46. The minimum absolute atomic E-state index is 0.159. The molecule has 12 heteroatoms. The first-order valence-corrected chi connectivity index (χ1v) is 18.2. The van der Waals surface area contributed by atoms with Crippen LogP contribution >= 0.6 is 0 Å². The van der Waals surface area contributed by atoms with Crippen molar-refractivity contribution in [3.8, 4) is 5.75 Å². The summed E-state index contributed by atoms with van der Waals surface area (Å²) in [4.78, 5) is 68.1. The van der Waals surface area contributed by atoms with Gasteiger partial charge in [0.05, 0.1) is 18.9 Å². The van der Waals surface area contributed by atoms with Crippen molar-refractivity contribution in [1.82, 2.24) is 15.5 Å². The van der Waals surface area contributed by atoms with Gasteiger partial charge in [-0.15, -0.1) is 0 Å². The lowest BCUT2D eigenvalue weighted by molar-refractivity contribution is -0.145. The standard InChI is InChI=1S/C38H57N5O7/c1-22-15-27(16-23(2)33(22)50-6)28(42-49)18-26-19-30(36(47)40-29(17-25-13-14-25)32(45)35(39)46)43(21-26)37(48)34(38(3,4)5)41-31(44)20-24-11-9-7-8-10-12-24/h15-16,24-26,29-30,34,49H,7-14,17-21H2,1-6H3,(H2,39,46)(H,40,47)(H,41,44)/b42-28+/t26-,29-,30-,34+/m0/s1. The molecule has 50 heavy (non-hydrogen) atoms. The third kappa shape index (κ3) is 10.1. The molecule has 0 spiro atoms. The lowest BCUT2D eigenvalue weighted by Crippen LogP contribution is -2.59. The van der Waals surface area contributed by atoms with Gasteiger partial charge in [0, 0.05) is 18.5 Å². The summed E-state index contributed by atoms with van der Waals surface area (Å²) < 4.78 is 5.50. The van der Waals surface area contributed by atoms with Crippen LogP contribution in [0.1, 0.15) is 115 Å². The van der Waals surface area contributed by atoms with Gasteiger partial charge in [0.25, 0.3) is 5.91 Å². The fraction of sp³-hybridized carbons (Fsp3) is 0.684. The topological polar surface area (TPSA) is 180 Å². The smallest absolute Gasteiger partial charge is 0.287 e. The highest BCUT2D eigenvalue weighted by molar-refractivity contribution is 6.37. The molecule has 4 rings (SSSR count). The number of ketones is 1. The van der Waals surface area contributed by atoms with Gasteiger partial charge in [-0.1, -0.05) is 64.5 Å². The number of nitrogens with two attached hydrogens (primary N) is 1. The molecule has 1 heterocycles. The van der Waals surface area contributed by atoms with Crippen molar-refractivity contribution < 1.29 is 33.9 Å². The van der Waals surface area contributed by atoms with Crippen LogP contribution in [0.25, 0.3) is 0 Å². The van der Waals surface area contributed by atoms with Crippen molar-refractivity contribution in [1.29, 1.82) is 0 Å². The average Bonchev–Trinajstić information content (AvgIpc) is 3.82. The van der Waals surface area contributed by atoms with E-state index in [1.165, 1.54) is 17.7 Å². The van der Waals surface area contributed by atoms with Crippen molar-refractivity contribution in [3.05, 3.63) is 28.8 Å². The number of nitrogens with one attached hydrogen (secondary N) is 2. The van der Waals surface area contributed by atoms with E-state index < -0.39 is 47.0 Å². The first kappa shape index (κ1) is 38.8. The van der Waals surface area contributed by atoms with E-state index in [1.807, 2.05) is 46.8 Å². The minimum Gasteiger partial charge on any atom is -0.496 e. The molecule has 1 aromatic carbocycles. The largest absolute Gasteiger partial charge is 0.496 e. The quantitative estimate of drug-likeness (QED) is 0.0735. The van der Waals surface area contributed by atoms with Gasteiger partial charge < -0.3 is 31.2 Å². The summed E-state index contributed by atoms with van der Waals surface area (Å²) in [6, 6.07) is 0.765. The van der Waals surface area contributed by atoms with Crippen LogP contribution in [-0.2, 0) is 24.0 Å². The van der Waals surface area contributed by atoms with Gasteiger partial charge in [0.1, 0.15) is 17.8 Å². The lowest BCUT2D eigenvalue weighted by Gasteiger charge is -2.36. The number of ether oxygens (including phenoxy) is 1. The molecule has 1 saturated heterocycles. The number of rotatable bonds is 14. The average molecular weight is 696 g/mol. The normalized spacial score (nSPS) is 21.6. The molecule has 2 saturated carbocycles. The summed E-state index contributed by atoms with van der Waals surface area (Å²) in [6.45, 7) is 9.61. The SMILES string of the molecule is COc1c(C)cc(/C(C[C@H]2C[C@@H](C(=O)N[C@@H](CC3CC3)C(=O)C(N)=O)N(C(=O)[C@@H](NC(=O)CC3CCCCCC3)C(C)(C)C)C2)=N/O)cc1C. The molecule has 3 fully saturated rings. The van der Waals surface area contributed by atoms with Crippen molar-refractivity contribution in [2.24, 2.45) is 34.1 Å². The van der Waals surface area contributed by atoms with Gasteiger partial charge in [-0.25, -0.2) is 0 Å². The third-order valence-corrected chi connectivity index (χ3v) is 10.6. The Balaban J connectivity index is 1.60. The number of primary amides is 1. The first-order chi connectivity index (χ1) is 23.6. The Bertz CT molecular complexity index is 1430. The number of hydrogen-bond acceptors (Lipinski definition) is 8. The maximum Gasteiger partial charge on any atom is 0.287 e. The third-order valence-electron chi connectivity index (χ3n) is 10.6. The lowest BCUT2D eigenvalue weighted by atomic mass is 9.85. The number of benzene rings is 1. The second kappa shape index (κ2) is 16.8. The van der Waals surface area contributed by atoms with Crippen LogP contribution in [0.4, 0.5) is 0 Å². The van der Waals surface area contributed by atoms with E-state index in [0.29, 0.717) is 24.1 Å². The van der Waals surface area contributed by atoms with Crippen molar-refractivity contribution >= 4 is 35.1 Å². The van der Waals surface area contributed by atoms with Crippen LogP contribution in [0.3, 0.4) is 0 Å². The number of carbonyl (C=O) groups is 5. The highest BCUT2D eigenvalue weighted by Gasteiger charge is 2.46. The highest BCUT2D eigenvalue weighted by Crippen LogP contribution is 2.35. The van der Waals surface area contributed by atoms with Gasteiger partial charge >= 0.3 is 0 Å². The van der Waals surface area contributed by atoms with Crippen molar-refractivity contribution in [3.63, 3.8) is 0 Å². The molecule has 2 aliphatic carbocycles. The highest BCUT2D eigenvalue weighted by atomic mass is 16.5. The first-order valence-electron chi connectivity index (χ1n) is 18.2. The van der Waals surface area contributed by atoms with Gasteiger partial charge in [0.15, 0.2) is 0 Å². The maximum absolute atomic E-state index is 14.5. The summed E-state index contributed by atoms with van der Waals surface area (Å²) in [5.41, 5.74) is 7.51. The molecule has 3 aliphatic rings. The summed E-state index contributed by atoms with van der Waals surface area (Å²) >= 11 is 0. The Morgan fingerprint density at radius 1 is 0.940 bits per heavy atom. The van der Waals surface area contributed by atoms with Gasteiger partial charge in [-0.2, -0.15) is 0 Å². The van der Waals surface area contributed by atoms with E-state index in [4.69, 9.17) is 10.5 Å². The molecule has 0 bridgehead atoms. The van der Waals surface area contributed by atoms with Gasteiger partial charge in [-0.3, -0.25) is 24.0 Å². The predicted octanol–water partition coefficient (Wildman–Crippen LogP) is 4.33. The Labute approximate surface area is 296 Å². The zero-order chi connectivity index (χ0) is 36.7. The van der Waals surface area contributed by atoms with Gasteiger partial charge in [0.2, 0.25) is 23.5 Å². The number of likely N-dealkylation sites (tertiary alicyclic amines) is 1. The molecule has 4 atom stereocenters. The summed E-state index contributed by atoms with van der Waals surface area (Å²) in [5, 5.41) is 19.5. The van der Waals surface area contributed by atoms with Crippen LogP contribution in [0.5, 0.6) is 5.75 Å². The molecular weight excluding hydrogens is 638 g/mol. The monoisotopic (exact) mass is 695 g/mol. The van der Waals surface area contributed by atoms with E-state index in [2.05, 4.69) is 15.8 Å². The molecule has 4 amide bonds. The number of hydrogen-bond donors (Lipinski definition) is 4. The molecule has 276 valence electrons. The minimum atomic E-state index is -1.12. The van der Waals surface area contributed by atoms with Crippen LogP contribution in [0, 0.1) is 37.0 Å². The molecule has 5 N–H and O–H groups in total. The number of aryl methyl sites for hydroxylation is 2. The Morgan fingerprint density at radius 3 is 2.08 bits per heavy atom. The number of Topliss-reactive ketones (excluding diaryl/α,β-unsaturated/α-hetero) is 1. The zero-order valence-corrected chi connectivity index (χ0v) is 30.7. The van der Waals surface area contributed by atoms with E-state index in [9.17, 15) is 29.2 Å². The van der Waals surface area contributed by atoms with E-state index in [0.717, 1.165) is 55.4 Å². The number of methoxy groups -OCH3 is 1. The van der Waals surface area contributed by atoms with Crippen molar-refractivity contribution in [2.75, 3.05) is 13.7 Å². The molecule has 12 nitrogen and oxygen atoms in total. The Kier molecular flexibility index (Phi) is 13.1. The number of amides is 4. The Hall–Kier alpha value is -3.96. The van der Waals surface area contributed by atoms with E-state index in [1.54, 1.807) is 7.11 Å². The Morgan fingerprint density at radius 2 is 1.56 bits per heavy atom. The fourth-order valence-electron chi connectivity index (χ4n) is 7.71. The van der Waals surface area contributed by atoms with Crippen LogP contribution in [0.2, 0.25) is 0 Å². The number of carbonyl (C=O) groups excluding carboxylic acids is 5. The molecule has 0 radical (unpaired) electrons. The van der Waals surface area contributed by atoms with E-state index >= 15 is 0 Å². The van der Waals surface area contributed by atoms with Crippen LogP contribution in [0.15, 0.2) is 17.3 Å². The molecule has 0 aromatic heterocycles. The molecule has 1 aliphatic heterocycles. The molecular formula is C38H57N5O7. The second-order valence-electron chi connectivity index (χ2n) is 15.9. The zero-order valence-electron chi connectivity index (χ0n) is 30.7. The molecule has 1 aromatic rings. The van der Waals surface area contributed by atoms with Crippen LogP contribution < -0.4 is 21.1 Å². The van der Waals surface area contributed by atoms with E-state index in [-0.39, 0.29) is 43.0 Å². The van der Waals surface area contributed by atoms with Gasteiger partial charge in [-0.05, 0) is 92.4 Å². The summed E-state index contributed by atoms with van der Waals surface area (Å²) in [5.74, 6) is -2.19. The summed E-state index contributed by atoms with van der Waals surface area (Å²) in [7, 11) is 1.60. The van der Waals surface area contributed by atoms with Crippen molar-refractivity contribution in [2.45, 2.75) is 130 Å². The number of nitrogens with zero attached hydrogens (tertiary/aromatic N) is 2. The maximum atomic E-state index is 14.5. The molecule has 0 unspecified atom stereocenters. The predicted molar refractivity (Wildman–Crippen MR) is 190 cm³/mol. The van der Waals surface area contributed by atoms with Crippen LogP contribution in [-0.4, -0.2) is 77.0 Å². The fourth-order valence-corrected chi connectivity index (χ4v) is 7.71. The second-order valence-corrected chi connectivity index (χ2v) is 15.9. The number of oxime groups is 1.